The Balaban J connectivity index is 1.70. The van der Waals surface area contributed by atoms with E-state index in [1.165, 1.54) is 24.2 Å². The van der Waals surface area contributed by atoms with Crippen LogP contribution in [0.4, 0.5) is 5.13 Å². The Kier molecular flexibility index (Phi) is 3.13. The third kappa shape index (κ3) is 2.59. The Hall–Kier alpha value is -1.27. The van der Waals surface area contributed by atoms with Crippen LogP contribution in [0.2, 0.25) is 0 Å². The molecule has 1 fully saturated rings. The van der Waals surface area contributed by atoms with Crippen LogP contribution in [0.1, 0.15) is 34.1 Å². The second-order valence-electron chi connectivity index (χ2n) is 4.18. The molecular weight excluding hydrogens is 314 g/mol. The van der Waals surface area contributed by atoms with Crippen molar-refractivity contribution in [3.8, 4) is 0 Å². The van der Waals surface area contributed by atoms with Gasteiger partial charge in [-0.25, -0.2) is 0 Å². The van der Waals surface area contributed by atoms with Crippen LogP contribution in [-0.4, -0.2) is 16.1 Å². The molecule has 92 valence electrons. The van der Waals surface area contributed by atoms with Crippen LogP contribution in [0.15, 0.2) is 28.7 Å². The minimum Gasteiger partial charge on any atom is -0.296 e. The molecule has 4 nitrogen and oxygen atoms in total. The van der Waals surface area contributed by atoms with E-state index in [1.54, 1.807) is 12.1 Å². The number of amides is 1. The van der Waals surface area contributed by atoms with Gasteiger partial charge in [-0.3, -0.25) is 10.1 Å². The number of rotatable bonds is 3. The van der Waals surface area contributed by atoms with Gasteiger partial charge in [-0.2, -0.15) is 0 Å². The van der Waals surface area contributed by atoms with Crippen molar-refractivity contribution in [3.63, 3.8) is 0 Å². The molecule has 0 radical (unpaired) electrons. The van der Waals surface area contributed by atoms with Gasteiger partial charge in [0.05, 0.1) is 0 Å². The fourth-order valence-electron chi connectivity index (χ4n) is 1.55. The van der Waals surface area contributed by atoms with Crippen molar-refractivity contribution in [2.45, 2.75) is 18.8 Å². The lowest BCUT2D eigenvalue weighted by Crippen LogP contribution is -2.11. The van der Waals surface area contributed by atoms with Gasteiger partial charge in [0.1, 0.15) is 5.01 Å². The third-order valence-electron chi connectivity index (χ3n) is 2.69. The molecule has 1 saturated carbocycles. The number of hydrogen-bond donors (Lipinski definition) is 1. The van der Waals surface area contributed by atoms with Gasteiger partial charge in [-0.05, 0) is 37.1 Å². The molecule has 6 heteroatoms. The highest BCUT2D eigenvalue weighted by Gasteiger charge is 2.27. The minimum atomic E-state index is -0.152. The van der Waals surface area contributed by atoms with Crippen molar-refractivity contribution >= 4 is 38.3 Å². The SMILES string of the molecule is O=C(Nc1nnc(C2CC2)s1)c1ccc(Br)cc1. The molecule has 0 atom stereocenters. The number of halogens is 1. The van der Waals surface area contributed by atoms with Crippen molar-refractivity contribution in [1.82, 2.24) is 10.2 Å². The average Bonchev–Trinajstić information content (AvgIpc) is 3.11. The van der Waals surface area contributed by atoms with Crippen molar-refractivity contribution in [2.75, 3.05) is 5.32 Å². The molecule has 1 aliphatic carbocycles. The van der Waals surface area contributed by atoms with E-state index in [4.69, 9.17) is 0 Å². The van der Waals surface area contributed by atoms with Crippen LogP contribution in [-0.2, 0) is 0 Å². The highest BCUT2D eigenvalue weighted by atomic mass is 79.9. The lowest BCUT2D eigenvalue weighted by molar-refractivity contribution is 0.102. The lowest BCUT2D eigenvalue weighted by Gasteiger charge is -2.00. The Morgan fingerprint density at radius 3 is 2.67 bits per heavy atom. The van der Waals surface area contributed by atoms with E-state index >= 15 is 0 Å². The van der Waals surface area contributed by atoms with E-state index in [0.29, 0.717) is 16.6 Å². The Morgan fingerprint density at radius 1 is 1.28 bits per heavy atom. The smallest absolute Gasteiger partial charge is 0.257 e. The molecular formula is C12H10BrN3OS. The number of nitrogens with one attached hydrogen (secondary N) is 1. The van der Waals surface area contributed by atoms with Gasteiger partial charge in [0.15, 0.2) is 0 Å². The molecule has 1 aromatic carbocycles. The van der Waals surface area contributed by atoms with E-state index in [9.17, 15) is 4.79 Å². The number of nitrogens with zero attached hydrogens (tertiary/aromatic N) is 2. The molecule has 0 saturated heterocycles. The molecule has 1 aromatic heterocycles. The van der Waals surface area contributed by atoms with Crippen LogP contribution in [0.3, 0.4) is 0 Å². The summed E-state index contributed by atoms with van der Waals surface area (Å²) in [6.45, 7) is 0. The number of aromatic nitrogens is 2. The van der Waals surface area contributed by atoms with Gasteiger partial charge in [0.25, 0.3) is 5.91 Å². The van der Waals surface area contributed by atoms with Crippen LogP contribution in [0.5, 0.6) is 0 Å². The number of benzene rings is 1. The highest BCUT2D eigenvalue weighted by molar-refractivity contribution is 9.10. The Morgan fingerprint density at radius 2 is 2.00 bits per heavy atom. The zero-order valence-corrected chi connectivity index (χ0v) is 11.8. The second kappa shape index (κ2) is 4.78. The van der Waals surface area contributed by atoms with Gasteiger partial charge in [-0.15, -0.1) is 10.2 Å². The standard InChI is InChI=1S/C12H10BrN3OS/c13-9-5-3-7(4-6-9)10(17)14-12-16-15-11(18-12)8-1-2-8/h3-6,8H,1-2H2,(H,14,16,17). The molecule has 3 rings (SSSR count). The van der Waals surface area contributed by atoms with E-state index in [2.05, 4.69) is 31.4 Å². The average molecular weight is 324 g/mol. The molecule has 1 heterocycles. The predicted octanol–water partition coefficient (Wildman–Crippen LogP) is 3.43. The molecule has 1 amide bonds. The molecule has 1 N–H and O–H groups in total. The summed E-state index contributed by atoms with van der Waals surface area (Å²) in [5.41, 5.74) is 0.612. The topological polar surface area (TPSA) is 54.9 Å². The summed E-state index contributed by atoms with van der Waals surface area (Å²) >= 11 is 4.80. The second-order valence-corrected chi connectivity index (χ2v) is 6.11. The van der Waals surface area contributed by atoms with Crippen LogP contribution >= 0.6 is 27.3 Å². The fraction of sp³-hybridized carbons (Fsp3) is 0.250. The minimum absolute atomic E-state index is 0.152. The summed E-state index contributed by atoms with van der Waals surface area (Å²) in [7, 11) is 0. The van der Waals surface area contributed by atoms with Crippen LogP contribution in [0.25, 0.3) is 0 Å². The van der Waals surface area contributed by atoms with E-state index in [1.807, 2.05) is 12.1 Å². The number of carbonyl (C=O) groups excluding carboxylic acids is 1. The summed E-state index contributed by atoms with van der Waals surface area (Å²) < 4.78 is 0.950. The molecule has 0 spiro atoms. The van der Waals surface area contributed by atoms with Crippen molar-refractivity contribution in [3.05, 3.63) is 39.3 Å². The molecule has 0 aliphatic heterocycles. The first-order chi connectivity index (χ1) is 8.72. The van der Waals surface area contributed by atoms with Gasteiger partial charge >= 0.3 is 0 Å². The quantitative estimate of drug-likeness (QED) is 0.941. The van der Waals surface area contributed by atoms with Crippen LogP contribution in [0, 0.1) is 0 Å². The van der Waals surface area contributed by atoms with E-state index in [-0.39, 0.29) is 5.91 Å². The summed E-state index contributed by atoms with van der Waals surface area (Å²) in [4.78, 5) is 11.9. The molecule has 1 aliphatic rings. The normalized spacial score (nSPS) is 14.5. The first-order valence-electron chi connectivity index (χ1n) is 5.63. The number of anilines is 1. The maximum absolute atomic E-state index is 11.9. The molecule has 2 aromatic rings. The van der Waals surface area contributed by atoms with E-state index in [0.717, 1.165) is 9.48 Å². The zero-order valence-electron chi connectivity index (χ0n) is 9.39. The Labute approximate surface area is 117 Å². The van der Waals surface area contributed by atoms with Crippen molar-refractivity contribution in [1.29, 1.82) is 0 Å². The third-order valence-corrected chi connectivity index (χ3v) is 4.22. The molecule has 18 heavy (non-hydrogen) atoms. The summed E-state index contributed by atoms with van der Waals surface area (Å²) in [5, 5.41) is 12.4. The van der Waals surface area contributed by atoms with Gasteiger partial charge in [0.2, 0.25) is 5.13 Å². The summed E-state index contributed by atoms with van der Waals surface area (Å²) in [5.74, 6) is 0.418. The Bertz CT molecular complexity index is 577. The largest absolute Gasteiger partial charge is 0.296 e. The molecule has 0 unspecified atom stereocenters. The summed E-state index contributed by atoms with van der Waals surface area (Å²) in [6.07, 6.45) is 2.38. The lowest BCUT2D eigenvalue weighted by atomic mass is 10.2. The maximum Gasteiger partial charge on any atom is 0.257 e. The number of carbonyl (C=O) groups is 1. The monoisotopic (exact) mass is 323 g/mol. The number of hydrogen-bond acceptors (Lipinski definition) is 4. The first kappa shape index (κ1) is 11.8. The summed E-state index contributed by atoms with van der Waals surface area (Å²) in [6, 6.07) is 7.21. The first-order valence-corrected chi connectivity index (χ1v) is 7.23. The van der Waals surface area contributed by atoms with Crippen molar-refractivity contribution < 1.29 is 4.79 Å². The van der Waals surface area contributed by atoms with Gasteiger partial charge in [0, 0.05) is 16.0 Å². The maximum atomic E-state index is 11.9. The highest BCUT2D eigenvalue weighted by Crippen LogP contribution is 2.42. The van der Waals surface area contributed by atoms with Gasteiger partial charge in [-0.1, -0.05) is 27.3 Å². The fourth-order valence-corrected chi connectivity index (χ4v) is 2.72. The van der Waals surface area contributed by atoms with Crippen molar-refractivity contribution in [2.24, 2.45) is 0 Å². The van der Waals surface area contributed by atoms with E-state index < -0.39 is 0 Å². The van der Waals surface area contributed by atoms with Crippen LogP contribution < -0.4 is 5.32 Å². The predicted molar refractivity (Wildman–Crippen MR) is 74.0 cm³/mol. The van der Waals surface area contributed by atoms with Gasteiger partial charge < -0.3 is 0 Å². The molecule has 0 bridgehead atoms. The zero-order chi connectivity index (χ0) is 12.5.